The lowest BCUT2D eigenvalue weighted by Gasteiger charge is -2.36. The number of nitrogens with zero attached hydrogens (tertiary/aromatic N) is 2. The van der Waals surface area contributed by atoms with E-state index < -0.39 is 0 Å². The highest BCUT2D eigenvalue weighted by molar-refractivity contribution is 7.99. The van der Waals surface area contributed by atoms with Crippen molar-refractivity contribution in [3.05, 3.63) is 0 Å². The number of carbonyl (C=O) groups is 1. The van der Waals surface area contributed by atoms with Crippen LogP contribution in [0.5, 0.6) is 0 Å². The summed E-state index contributed by atoms with van der Waals surface area (Å²) in [5.41, 5.74) is 0. The Labute approximate surface area is 145 Å². The molecule has 132 valence electrons. The second-order valence-corrected chi connectivity index (χ2v) is 8.44. The van der Waals surface area contributed by atoms with E-state index in [4.69, 9.17) is 4.74 Å². The van der Waals surface area contributed by atoms with E-state index in [1.807, 2.05) is 11.8 Å². The minimum absolute atomic E-state index is 0.400. The van der Waals surface area contributed by atoms with Crippen LogP contribution in [0.25, 0.3) is 0 Å². The molecule has 0 bridgehead atoms. The van der Waals surface area contributed by atoms with Crippen molar-refractivity contribution in [2.45, 2.75) is 51.0 Å². The van der Waals surface area contributed by atoms with Crippen LogP contribution in [-0.4, -0.2) is 72.6 Å². The summed E-state index contributed by atoms with van der Waals surface area (Å²) >= 11 is 2.03. The Morgan fingerprint density at radius 1 is 1.04 bits per heavy atom. The minimum Gasteiger partial charge on any atom is -0.379 e. The van der Waals surface area contributed by atoms with Crippen LogP contribution in [-0.2, 0) is 9.53 Å². The average molecular weight is 341 g/mol. The summed E-state index contributed by atoms with van der Waals surface area (Å²) in [5, 5.41) is 0. The lowest BCUT2D eigenvalue weighted by Crippen LogP contribution is -2.50. The Hall–Kier alpha value is -0.260. The van der Waals surface area contributed by atoms with Crippen molar-refractivity contribution in [2.24, 2.45) is 5.92 Å². The molecule has 2 heterocycles. The summed E-state index contributed by atoms with van der Waals surface area (Å²) in [6.45, 7) is 5.73. The maximum absolute atomic E-state index is 12.9. The third-order valence-electron chi connectivity index (χ3n) is 5.52. The highest BCUT2D eigenvalue weighted by Crippen LogP contribution is 2.28. The van der Waals surface area contributed by atoms with Crippen molar-refractivity contribution < 1.29 is 9.53 Å². The Kier molecular flexibility index (Phi) is 7.09. The van der Waals surface area contributed by atoms with Gasteiger partial charge in [-0.3, -0.25) is 9.69 Å². The number of ether oxygens (including phenoxy) is 1. The molecule has 4 nitrogen and oxygen atoms in total. The van der Waals surface area contributed by atoms with Crippen molar-refractivity contribution >= 4 is 17.7 Å². The summed E-state index contributed by atoms with van der Waals surface area (Å²) in [4.78, 5) is 17.7. The predicted octanol–water partition coefficient (Wildman–Crippen LogP) is 2.62. The van der Waals surface area contributed by atoms with Gasteiger partial charge < -0.3 is 9.64 Å². The summed E-state index contributed by atoms with van der Waals surface area (Å²) in [6.07, 6.45) is 8.50. The van der Waals surface area contributed by atoms with Crippen molar-refractivity contribution in [3.63, 3.8) is 0 Å². The van der Waals surface area contributed by atoms with Crippen molar-refractivity contribution in [2.75, 3.05) is 50.9 Å². The predicted molar refractivity (Wildman–Crippen MR) is 95.9 cm³/mol. The van der Waals surface area contributed by atoms with Crippen LogP contribution < -0.4 is 0 Å². The largest absolute Gasteiger partial charge is 0.379 e. The fourth-order valence-corrected chi connectivity index (χ4v) is 5.20. The molecule has 1 aliphatic carbocycles. The van der Waals surface area contributed by atoms with E-state index in [1.165, 1.54) is 37.9 Å². The van der Waals surface area contributed by atoms with E-state index in [-0.39, 0.29) is 0 Å². The van der Waals surface area contributed by atoms with Crippen LogP contribution in [0.2, 0.25) is 0 Å². The molecule has 0 aromatic heterocycles. The maximum atomic E-state index is 12.9. The quantitative estimate of drug-likeness (QED) is 0.788. The molecule has 1 atom stereocenters. The smallest absolute Gasteiger partial charge is 0.223 e. The van der Waals surface area contributed by atoms with Gasteiger partial charge in [0.2, 0.25) is 5.91 Å². The first-order chi connectivity index (χ1) is 11.3. The van der Waals surface area contributed by atoms with Gasteiger partial charge in [-0.15, -0.1) is 0 Å². The molecule has 5 heteroatoms. The number of carbonyl (C=O) groups excluding carboxylic acids is 1. The number of hydrogen-bond donors (Lipinski definition) is 0. The van der Waals surface area contributed by atoms with Gasteiger partial charge in [-0.25, -0.2) is 0 Å². The molecule has 3 fully saturated rings. The molecule has 2 aliphatic heterocycles. The van der Waals surface area contributed by atoms with Crippen LogP contribution in [0.4, 0.5) is 0 Å². The van der Waals surface area contributed by atoms with Crippen LogP contribution in [0.15, 0.2) is 0 Å². The topological polar surface area (TPSA) is 32.8 Å². The average Bonchev–Trinajstić information content (AvgIpc) is 2.82. The number of rotatable bonds is 4. The fraction of sp³-hybridized carbons (Fsp3) is 0.944. The van der Waals surface area contributed by atoms with Gasteiger partial charge in [0.05, 0.1) is 19.3 Å². The lowest BCUT2D eigenvalue weighted by molar-refractivity contribution is -0.135. The molecule has 2 saturated heterocycles. The van der Waals surface area contributed by atoms with E-state index in [0.29, 0.717) is 17.9 Å². The molecular weight excluding hydrogens is 308 g/mol. The van der Waals surface area contributed by atoms with E-state index in [2.05, 4.69) is 9.80 Å². The zero-order valence-electron chi connectivity index (χ0n) is 14.4. The third-order valence-corrected chi connectivity index (χ3v) is 6.72. The van der Waals surface area contributed by atoms with Gasteiger partial charge in [0.15, 0.2) is 0 Å². The number of morpholine rings is 1. The van der Waals surface area contributed by atoms with Crippen LogP contribution in [0, 0.1) is 5.92 Å². The third kappa shape index (κ3) is 5.36. The molecule has 0 radical (unpaired) electrons. The molecule has 0 aromatic carbocycles. The lowest BCUT2D eigenvalue weighted by atomic mass is 9.86. The molecular formula is C18H32N2O2S. The molecule has 0 aromatic rings. The standard InChI is InChI=1S/C18H32N2O2S/c21-18(13-16-5-2-1-3-6-16)20-7-4-12-23-15-17(20)14-19-8-10-22-11-9-19/h16-17H,1-15H2/t17-/m1/s1. The van der Waals surface area contributed by atoms with Crippen molar-refractivity contribution in [3.8, 4) is 0 Å². The molecule has 1 amide bonds. The minimum atomic E-state index is 0.400. The van der Waals surface area contributed by atoms with E-state index in [1.54, 1.807) is 0 Å². The Morgan fingerprint density at radius 2 is 1.83 bits per heavy atom. The summed E-state index contributed by atoms with van der Waals surface area (Å²) in [5.74, 6) is 3.38. The van der Waals surface area contributed by atoms with Crippen LogP contribution >= 0.6 is 11.8 Å². The second kappa shape index (κ2) is 9.28. The van der Waals surface area contributed by atoms with Gasteiger partial charge in [0.25, 0.3) is 0 Å². The molecule has 3 aliphatic rings. The number of hydrogen-bond acceptors (Lipinski definition) is 4. The Morgan fingerprint density at radius 3 is 2.61 bits per heavy atom. The van der Waals surface area contributed by atoms with Gasteiger partial charge in [0.1, 0.15) is 0 Å². The SMILES string of the molecule is O=C(CC1CCCCC1)N1CCCSC[C@H]1CN1CCOCC1. The summed E-state index contributed by atoms with van der Waals surface area (Å²) < 4.78 is 5.46. The van der Waals surface area contributed by atoms with Gasteiger partial charge in [-0.1, -0.05) is 19.3 Å². The first kappa shape index (κ1) is 17.6. The van der Waals surface area contributed by atoms with E-state index >= 15 is 0 Å². The van der Waals surface area contributed by atoms with E-state index in [9.17, 15) is 4.79 Å². The molecule has 3 rings (SSSR count). The van der Waals surface area contributed by atoms with Crippen LogP contribution in [0.3, 0.4) is 0 Å². The van der Waals surface area contributed by atoms with Gasteiger partial charge in [0, 0.05) is 38.4 Å². The zero-order chi connectivity index (χ0) is 15.9. The van der Waals surface area contributed by atoms with E-state index in [0.717, 1.165) is 58.0 Å². The highest BCUT2D eigenvalue weighted by Gasteiger charge is 2.29. The molecule has 1 saturated carbocycles. The van der Waals surface area contributed by atoms with Gasteiger partial charge in [-0.05, 0) is 30.9 Å². The van der Waals surface area contributed by atoms with Crippen molar-refractivity contribution in [1.29, 1.82) is 0 Å². The molecule has 23 heavy (non-hydrogen) atoms. The first-order valence-corrected chi connectivity index (χ1v) is 10.7. The molecule has 0 spiro atoms. The van der Waals surface area contributed by atoms with Gasteiger partial charge >= 0.3 is 0 Å². The normalized spacial score (nSPS) is 28.5. The second-order valence-electron chi connectivity index (χ2n) is 7.29. The maximum Gasteiger partial charge on any atom is 0.223 e. The molecule has 0 unspecified atom stereocenters. The molecule has 0 N–H and O–H groups in total. The fourth-order valence-electron chi connectivity index (χ4n) is 4.15. The highest BCUT2D eigenvalue weighted by atomic mass is 32.2. The number of thioether (sulfide) groups is 1. The monoisotopic (exact) mass is 340 g/mol. The van der Waals surface area contributed by atoms with Gasteiger partial charge in [-0.2, -0.15) is 11.8 Å². The van der Waals surface area contributed by atoms with Crippen LogP contribution in [0.1, 0.15) is 44.9 Å². The summed E-state index contributed by atoms with van der Waals surface area (Å²) in [7, 11) is 0. The summed E-state index contributed by atoms with van der Waals surface area (Å²) in [6, 6.07) is 0.400. The number of amides is 1. The zero-order valence-corrected chi connectivity index (χ0v) is 15.2. The first-order valence-electron chi connectivity index (χ1n) is 9.50. The van der Waals surface area contributed by atoms with Crippen molar-refractivity contribution in [1.82, 2.24) is 9.80 Å². The Balaban J connectivity index is 1.56. The Bertz CT molecular complexity index is 368.